The largest absolute Gasteiger partial charge is 0.508 e. The van der Waals surface area contributed by atoms with Crippen molar-refractivity contribution in [1.82, 2.24) is 14.7 Å². The van der Waals surface area contributed by atoms with Gasteiger partial charge in [-0.05, 0) is 50.7 Å². The molecule has 2 heterocycles. The number of hydrogen-bond donors (Lipinski definition) is 1. The number of piperazine rings is 1. The molecule has 0 spiro atoms. The summed E-state index contributed by atoms with van der Waals surface area (Å²) in [5.74, 6) is 0.408. The van der Waals surface area contributed by atoms with Gasteiger partial charge < -0.3 is 10.0 Å². The molecule has 1 aromatic carbocycles. The van der Waals surface area contributed by atoms with Crippen LogP contribution in [0.5, 0.6) is 5.75 Å². The molecule has 2 aliphatic rings. The second-order valence-electron chi connectivity index (χ2n) is 6.75. The molecule has 1 aromatic rings. The van der Waals surface area contributed by atoms with E-state index in [0.29, 0.717) is 5.75 Å². The van der Waals surface area contributed by atoms with Crippen molar-refractivity contribution in [3.63, 3.8) is 0 Å². The van der Waals surface area contributed by atoms with Crippen molar-refractivity contribution in [3.8, 4) is 5.75 Å². The molecule has 4 nitrogen and oxygen atoms in total. The Labute approximate surface area is 148 Å². The van der Waals surface area contributed by atoms with Crippen molar-refractivity contribution in [3.05, 3.63) is 28.2 Å². The molecule has 0 atom stereocenters. The number of likely N-dealkylation sites (N-methyl/N-ethyl adjacent to an activating group) is 1. The van der Waals surface area contributed by atoms with Gasteiger partial charge in [-0.2, -0.15) is 0 Å². The van der Waals surface area contributed by atoms with E-state index in [1.54, 1.807) is 6.07 Å². The van der Waals surface area contributed by atoms with E-state index in [4.69, 9.17) is 0 Å². The average Bonchev–Trinajstić information content (AvgIpc) is 2.59. The summed E-state index contributed by atoms with van der Waals surface area (Å²) in [6.07, 6.45) is 2.50. The molecule has 0 bridgehead atoms. The van der Waals surface area contributed by atoms with Gasteiger partial charge in [-0.25, -0.2) is 0 Å². The zero-order valence-electron chi connectivity index (χ0n) is 14.0. The molecule has 23 heavy (non-hydrogen) atoms. The summed E-state index contributed by atoms with van der Waals surface area (Å²) in [6, 6.07) is 6.45. The first-order valence-corrected chi connectivity index (χ1v) is 9.61. The Morgan fingerprint density at radius 2 is 1.74 bits per heavy atom. The Hall–Kier alpha value is -0.620. The molecular formula is C18H28BrN3O. The van der Waals surface area contributed by atoms with Gasteiger partial charge in [0.1, 0.15) is 5.75 Å². The van der Waals surface area contributed by atoms with Crippen LogP contribution in [-0.2, 0) is 6.54 Å². The van der Waals surface area contributed by atoms with Crippen LogP contribution in [0.1, 0.15) is 25.3 Å². The second kappa shape index (κ2) is 7.97. The molecule has 0 radical (unpaired) electrons. The predicted octanol–water partition coefficient (Wildman–Crippen LogP) is 2.76. The van der Waals surface area contributed by atoms with E-state index in [2.05, 4.69) is 37.6 Å². The second-order valence-corrected chi connectivity index (χ2v) is 7.67. The van der Waals surface area contributed by atoms with E-state index < -0.39 is 0 Å². The average molecular weight is 382 g/mol. The zero-order chi connectivity index (χ0) is 16.2. The van der Waals surface area contributed by atoms with Crippen LogP contribution in [-0.4, -0.2) is 71.7 Å². The first-order chi connectivity index (χ1) is 11.2. The number of piperidine rings is 1. The summed E-state index contributed by atoms with van der Waals surface area (Å²) >= 11 is 3.49. The van der Waals surface area contributed by atoms with Crippen molar-refractivity contribution in [2.75, 3.05) is 45.8 Å². The van der Waals surface area contributed by atoms with E-state index in [1.807, 2.05) is 12.1 Å². The molecular weight excluding hydrogens is 354 g/mol. The minimum absolute atomic E-state index is 0.408. The van der Waals surface area contributed by atoms with Crippen LogP contribution in [0.3, 0.4) is 0 Å². The zero-order valence-corrected chi connectivity index (χ0v) is 15.6. The third-order valence-corrected chi connectivity index (χ3v) is 5.86. The molecule has 3 rings (SSSR count). The molecule has 0 unspecified atom stereocenters. The Morgan fingerprint density at radius 1 is 1.04 bits per heavy atom. The third-order valence-electron chi connectivity index (χ3n) is 5.36. The SMILES string of the molecule is CCN1CCN(C2CCN(Cc3cc(Br)ccc3O)CC2)CC1. The van der Waals surface area contributed by atoms with E-state index in [0.717, 1.165) is 35.7 Å². The summed E-state index contributed by atoms with van der Waals surface area (Å²) in [5.41, 5.74) is 1.02. The van der Waals surface area contributed by atoms with Gasteiger partial charge in [-0.15, -0.1) is 0 Å². The van der Waals surface area contributed by atoms with Gasteiger partial charge in [0.15, 0.2) is 0 Å². The molecule has 1 N–H and O–H groups in total. The minimum Gasteiger partial charge on any atom is -0.508 e. The van der Waals surface area contributed by atoms with Crippen molar-refractivity contribution >= 4 is 15.9 Å². The lowest BCUT2D eigenvalue weighted by molar-refractivity contribution is 0.0592. The first-order valence-electron chi connectivity index (χ1n) is 8.82. The molecule has 0 amide bonds. The number of halogens is 1. The quantitative estimate of drug-likeness (QED) is 0.868. The van der Waals surface area contributed by atoms with Crippen molar-refractivity contribution < 1.29 is 5.11 Å². The molecule has 2 aliphatic heterocycles. The summed E-state index contributed by atoms with van der Waals surface area (Å²) in [5, 5.41) is 10.0. The highest BCUT2D eigenvalue weighted by atomic mass is 79.9. The van der Waals surface area contributed by atoms with Crippen LogP contribution in [0, 0.1) is 0 Å². The van der Waals surface area contributed by atoms with Gasteiger partial charge in [0.2, 0.25) is 0 Å². The van der Waals surface area contributed by atoms with E-state index in [9.17, 15) is 5.11 Å². The van der Waals surface area contributed by atoms with Crippen LogP contribution < -0.4 is 0 Å². The summed E-state index contributed by atoms with van der Waals surface area (Å²) in [7, 11) is 0. The molecule has 2 fully saturated rings. The summed E-state index contributed by atoms with van der Waals surface area (Å²) < 4.78 is 1.04. The molecule has 0 saturated carbocycles. The maximum absolute atomic E-state index is 10.0. The van der Waals surface area contributed by atoms with Crippen molar-refractivity contribution in [2.24, 2.45) is 0 Å². The third kappa shape index (κ3) is 4.47. The van der Waals surface area contributed by atoms with Gasteiger partial charge in [0.05, 0.1) is 0 Å². The molecule has 2 saturated heterocycles. The number of benzene rings is 1. The van der Waals surface area contributed by atoms with Gasteiger partial charge in [0.25, 0.3) is 0 Å². The standard InChI is InChI=1S/C18H28BrN3O/c1-2-20-9-11-22(12-10-20)17-5-7-21(8-6-17)14-15-13-16(19)3-4-18(15)23/h3-4,13,17,23H,2,5-12,14H2,1H3. The molecule has 0 aliphatic carbocycles. The highest BCUT2D eigenvalue weighted by molar-refractivity contribution is 9.10. The number of phenols is 1. The number of aromatic hydroxyl groups is 1. The molecule has 5 heteroatoms. The van der Waals surface area contributed by atoms with Gasteiger partial charge in [-0.1, -0.05) is 22.9 Å². The van der Waals surface area contributed by atoms with E-state index in [1.165, 1.54) is 45.6 Å². The molecule has 128 valence electrons. The number of hydrogen-bond acceptors (Lipinski definition) is 4. The maximum Gasteiger partial charge on any atom is 0.120 e. The van der Waals surface area contributed by atoms with Gasteiger partial charge >= 0.3 is 0 Å². The first kappa shape index (κ1) is 17.2. The Balaban J connectivity index is 1.48. The lowest BCUT2D eigenvalue weighted by Crippen LogP contribution is -2.52. The predicted molar refractivity (Wildman–Crippen MR) is 97.8 cm³/mol. The highest BCUT2D eigenvalue weighted by Gasteiger charge is 2.27. The fraction of sp³-hybridized carbons (Fsp3) is 0.667. The lowest BCUT2D eigenvalue weighted by Gasteiger charge is -2.42. The number of likely N-dealkylation sites (tertiary alicyclic amines) is 1. The lowest BCUT2D eigenvalue weighted by atomic mass is 10.0. The fourth-order valence-corrected chi connectivity index (χ4v) is 4.22. The summed E-state index contributed by atoms with van der Waals surface area (Å²) in [4.78, 5) is 7.71. The van der Waals surface area contributed by atoms with Crippen LogP contribution in [0.4, 0.5) is 0 Å². The van der Waals surface area contributed by atoms with E-state index in [-0.39, 0.29) is 0 Å². The van der Waals surface area contributed by atoms with Crippen LogP contribution in [0.15, 0.2) is 22.7 Å². The number of nitrogens with zero attached hydrogens (tertiary/aromatic N) is 3. The minimum atomic E-state index is 0.408. The number of phenolic OH excluding ortho intramolecular Hbond substituents is 1. The topological polar surface area (TPSA) is 30.0 Å². The number of rotatable bonds is 4. The molecule has 0 aromatic heterocycles. The van der Waals surface area contributed by atoms with Gasteiger partial charge in [-0.3, -0.25) is 9.80 Å². The summed E-state index contributed by atoms with van der Waals surface area (Å²) in [6.45, 7) is 11.5. The Morgan fingerprint density at radius 3 is 2.39 bits per heavy atom. The Kier molecular flexibility index (Phi) is 5.96. The van der Waals surface area contributed by atoms with Gasteiger partial charge in [0, 0.05) is 48.8 Å². The normalized spacial score (nSPS) is 22.5. The monoisotopic (exact) mass is 381 g/mol. The van der Waals surface area contributed by atoms with Crippen LogP contribution in [0.2, 0.25) is 0 Å². The Bertz CT molecular complexity index is 509. The van der Waals surface area contributed by atoms with E-state index >= 15 is 0 Å². The van der Waals surface area contributed by atoms with Crippen LogP contribution >= 0.6 is 15.9 Å². The fourth-order valence-electron chi connectivity index (χ4n) is 3.81. The van der Waals surface area contributed by atoms with Crippen LogP contribution in [0.25, 0.3) is 0 Å². The smallest absolute Gasteiger partial charge is 0.120 e. The maximum atomic E-state index is 10.0. The highest BCUT2D eigenvalue weighted by Crippen LogP contribution is 2.25. The van der Waals surface area contributed by atoms with Crippen molar-refractivity contribution in [1.29, 1.82) is 0 Å². The van der Waals surface area contributed by atoms with Crippen molar-refractivity contribution in [2.45, 2.75) is 32.4 Å².